The van der Waals surface area contributed by atoms with Crippen LogP contribution < -0.4 is 5.73 Å². The number of hydrogen-bond donors (Lipinski definition) is 1. The van der Waals surface area contributed by atoms with Crippen LogP contribution in [0.3, 0.4) is 0 Å². The first kappa shape index (κ1) is 11.0. The maximum Gasteiger partial charge on any atom is 0.0804 e. The van der Waals surface area contributed by atoms with E-state index in [1.807, 2.05) is 0 Å². The van der Waals surface area contributed by atoms with E-state index in [0.29, 0.717) is 6.54 Å². The number of nitrogens with two attached hydrogens (primary N) is 1. The van der Waals surface area contributed by atoms with Gasteiger partial charge in [-0.2, -0.15) is 0 Å². The zero-order valence-electron chi connectivity index (χ0n) is 8.85. The van der Waals surface area contributed by atoms with Crippen LogP contribution in [-0.4, -0.2) is 18.8 Å². The average Bonchev–Trinajstić information content (AvgIpc) is 2.41. The van der Waals surface area contributed by atoms with E-state index in [4.69, 9.17) is 10.5 Å². The first-order valence-electron chi connectivity index (χ1n) is 5.67. The maximum atomic E-state index is 5.92. The Morgan fingerprint density at radius 3 is 2.23 bits per heavy atom. The Balaban J connectivity index is 2.43. The van der Waals surface area contributed by atoms with Gasteiger partial charge in [0.1, 0.15) is 0 Å². The zero-order valence-corrected chi connectivity index (χ0v) is 8.85. The highest BCUT2D eigenvalue weighted by molar-refractivity contribution is 4.84. The molecule has 1 rings (SSSR count). The van der Waals surface area contributed by atoms with Gasteiger partial charge in [-0.25, -0.2) is 0 Å². The van der Waals surface area contributed by atoms with Crippen LogP contribution in [0.5, 0.6) is 0 Å². The van der Waals surface area contributed by atoms with Crippen LogP contribution in [0.2, 0.25) is 0 Å². The highest BCUT2D eigenvalue weighted by atomic mass is 16.5. The van der Waals surface area contributed by atoms with Gasteiger partial charge in [-0.1, -0.05) is 32.6 Å². The summed E-state index contributed by atoms with van der Waals surface area (Å²) in [4.78, 5) is 0. The lowest BCUT2D eigenvalue weighted by molar-refractivity contribution is -0.0490. The molecule has 0 aromatic heterocycles. The molecule has 0 aromatic rings. The predicted molar refractivity (Wildman–Crippen MR) is 55.7 cm³/mol. The topological polar surface area (TPSA) is 35.2 Å². The Hall–Kier alpha value is -0.0800. The summed E-state index contributed by atoms with van der Waals surface area (Å²) in [5, 5.41) is 0. The van der Waals surface area contributed by atoms with Crippen LogP contribution in [0.25, 0.3) is 0 Å². The monoisotopic (exact) mass is 185 g/mol. The normalized spacial score (nSPS) is 22.6. The van der Waals surface area contributed by atoms with Crippen LogP contribution in [-0.2, 0) is 4.74 Å². The van der Waals surface area contributed by atoms with Crippen molar-refractivity contribution in [3.63, 3.8) is 0 Å². The quantitative estimate of drug-likeness (QED) is 0.683. The van der Waals surface area contributed by atoms with Crippen molar-refractivity contribution in [2.24, 2.45) is 5.73 Å². The summed E-state index contributed by atoms with van der Waals surface area (Å²) in [5.74, 6) is 0. The van der Waals surface area contributed by atoms with Crippen molar-refractivity contribution in [2.45, 2.75) is 57.5 Å². The van der Waals surface area contributed by atoms with Gasteiger partial charge in [-0.05, 0) is 19.3 Å². The van der Waals surface area contributed by atoms with Crippen molar-refractivity contribution in [3.05, 3.63) is 0 Å². The summed E-state index contributed by atoms with van der Waals surface area (Å²) >= 11 is 0. The second kappa shape index (κ2) is 5.61. The Morgan fingerprint density at radius 1 is 1.15 bits per heavy atom. The van der Waals surface area contributed by atoms with Gasteiger partial charge < -0.3 is 10.5 Å². The molecule has 13 heavy (non-hydrogen) atoms. The van der Waals surface area contributed by atoms with Gasteiger partial charge in [-0.3, -0.25) is 0 Å². The van der Waals surface area contributed by atoms with E-state index in [0.717, 1.165) is 13.0 Å². The standard InChI is InChI=1S/C11H23NO/c1-2-9-13-11(10-12)7-5-3-4-6-8-11/h2-10,12H2,1H3. The SMILES string of the molecule is CCCOC1(CN)CCCCCC1. The molecule has 78 valence electrons. The molecule has 0 atom stereocenters. The molecule has 1 aliphatic carbocycles. The Morgan fingerprint density at radius 2 is 1.77 bits per heavy atom. The Kier molecular flexibility index (Phi) is 4.74. The van der Waals surface area contributed by atoms with Crippen molar-refractivity contribution >= 4 is 0 Å². The second-order valence-electron chi connectivity index (χ2n) is 4.15. The van der Waals surface area contributed by atoms with Gasteiger partial charge in [0.2, 0.25) is 0 Å². The molecular formula is C11H23NO. The Labute approximate surface area is 81.8 Å². The molecule has 2 N–H and O–H groups in total. The third-order valence-corrected chi connectivity index (χ3v) is 3.00. The van der Waals surface area contributed by atoms with Crippen molar-refractivity contribution in [2.75, 3.05) is 13.2 Å². The van der Waals surface area contributed by atoms with Crippen molar-refractivity contribution in [1.29, 1.82) is 0 Å². The fourth-order valence-corrected chi connectivity index (χ4v) is 2.10. The molecule has 1 saturated carbocycles. The van der Waals surface area contributed by atoms with Crippen LogP contribution in [0.1, 0.15) is 51.9 Å². The smallest absolute Gasteiger partial charge is 0.0804 e. The lowest BCUT2D eigenvalue weighted by atomic mass is 9.94. The summed E-state index contributed by atoms with van der Waals surface area (Å²) in [6.45, 7) is 3.73. The van der Waals surface area contributed by atoms with Gasteiger partial charge in [0, 0.05) is 13.2 Å². The van der Waals surface area contributed by atoms with E-state index in [-0.39, 0.29) is 5.60 Å². The zero-order chi connectivity index (χ0) is 9.57. The van der Waals surface area contributed by atoms with E-state index in [9.17, 15) is 0 Å². The van der Waals surface area contributed by atoms with Crippen LogP contribution in [0.4, 0.5) is 0 Å². The Bertz CT molecular complexity index is 128. The summed E-state index contributed by atoms with van der Waals surface area (Å²) in [5.41, 5.74) is 5.86. The molecule has 0 heterocycles. The molecule has 0 saturated heterocycles. The highest BCUT2D eigenvalue weighted by Crippen LogP contribution is 2.29. The lowest BCUT2D eigenvalue weighted by Crippen LogP contribution is -2.40. The van der Waals surface area contributed by atoms with Gasteiger partial charge in [0.15, 0.2) is 0 Å². The summed E-state index contributed by atoms with van der Waals surface area (Å²) in [6.07, 6.45) is 8.74. The number of ether oxygens (including phenoxy) is 1. The van der Waals surface area contributed by atoms with Gasteiger partial charge in [0.05, 0.1) is 5.60 Å². The first-order chi connectivity index (χ1) is 6.33. The summed E-state index contributed by atoms with van der Waals surface area (Å²) in [6, 6.07) is 0. The largest absolute Gasteiger partial charge is 0.374 e. The molecule has 2 heteroatoms. The van der Waals surface area contributed by atoms with Crippen molar-refractivity contribution in [3.8, 4) is 0 Å². The predicted octanol–water partition coefficient (Wildman–Crippen LogP) is 2.46. The van der Waals surface area contributed by atoms with Crippen molar-refractivity contribution in [1.82, 2.24) is 0 Å². The van der Waals surface area contributed by atoms with Gasteiger partial charge in [-0.15, -0.1) is 0 Å². The molecule has 0 aliphatic heterocycles. The highest BCUT2D eigenvalue weighted by Gasteiger charge is 2.29. The third-order valence-electron chi connectivity index (χ3n) is 3.00. The first-order valence-corrected chi connectivity index (χ1v) is 5.67. The fourth-order valence-electron chi connectivity index (χ4n) is 2.10. The minimum atomic E-state index is 0.0342. The number of hydrogen-bond acceptors (Lipinski definition) is 2. The molecule has 0 radical (unpaired) electrons. The van der Waals surface area contributed by atoms with E-state index >= 15 is 0 Å². The summed E-state index contributed by atoms with van der Waals surface area (Å²) < 4.78 is 5.92. The molecule has 1 fully saturated rings. The molecule has 2 nitrogen and oxygen atoms in total. The van der Waals surface area contributed by atoms with Crippen LogP contribution in [0, 0.1) is 0 Å². The van der Waals surface area contributed by atoms with E-state index in [1.165, 1.54) is 38.5 Å². The van der Waals surface area contributed by atoms with Gasteiger partial charge >= 0.3 is 0 Å². The minimum absolute atomic E-state index is 0.0342. The van der Waals surface area contributed by atoms with Crippen LogP contribution in [0.15, 0.2) is 0 Å². The fraction of sp³-hybridized carbons (Fsp3) is 1.00. The van der Waals surface area contributed by atoms with Crippen molar-refractivity contribution < 1.29 is 4.74 Å². The molecule has 0 amide bonds. The van der Waals surface area contributed by atoms with E-state index in [2.05, 4.69) is 6.92 Å². The maximum absolute atomic E-state index is 5.92. The lowest BCUT2D eigenvalue weighted by Gasteiger charge is -2.31. The van der Waals surface area contributed by atoms with Gasteiger partial charge in [0.25, 0.3) is 0 Å². The molecule has 0 bridgehead atoms. The third kappa shape index (κ3) is 3.28. The second-order valence-corrected chi connectivity index (χ2v) is 4.15. The minimum Gasteiger partial charge on any atom is -0.374 e. The van der Waals surface area contributed by atoms with Crippen LogP contribution >= 0.6 is 0 Å². The molecule has 0 spiro atoms. The summed E-state index contributed by atoms with van der Waals surface area (Å²) in [7, 11) is 0. The molecule has 0 aromatic carbocycles. The molecular weight excluding hydrogens is 162 g/mol. The van der Waals surface area contributed by atoms with E-state index < -0.39 is 0 Å². The molecule has 0 unspecified atom stereocenters. The average molecular weight is 185 g/mol. The molecule has 1 aliphatic rings. The number of rotatable bonds is 4. The van der Waals surface area contributed by atoms with E-state index in [1.54, 1.807) is 0 Å².